The number of allylic oxidation sites excluding steroid dienone is 2. The van der Waals surface area contributed by atoms with E-state index in [4.69, 9.17) is 0 Å². The van der Waals surface area contributed by atoms with Gasteiger partial charge < -0.3 is 0 Å². The zero-order valence-corrected chi connectivity index (χ0v) is 18.0. The van der Waals surface area contributed by atoms with E-state index in [1.807, 2.05) is 0 Å². The molecular weight excluding hydrogens is 393 g/mol. The normalized spacial score (nSPS) is 12.7. The Hall–Kier alpha value is 0.415. The van der Waals surface area contributed by atoms with Crippen molar-refractivity contribution in [3.63, 3.8) is 0 Å². The van der Waals surface area contributed by atoms with E-state index < -0.39 is 24.6 Å². The van der Waals surface area contributed by atoms with E-state index >= 15 is 0 Å². The van der Waals surface area contributed by atoms with Gasteiger partial charge in [0.1, 0.15) is 0 Å². The van der Waals surface area contributed by atoms with Crippen molar-refractivity contribution in [2.24, 2.45) is 0 Å². The molecule has 0 aromatic carbocycles. The molecule has 0 aromatic rings. The summed E-state index contributed by atoms with van der Waals surface area (Å²) in [5.41, 5.74) is 3.49. The fraction of sp³-hybridized carbons (Fsp3) is 0.750. The molecule has 0 aliphatic rings. The molecule has 1 heteroatoms. The second-order valence-electron chi connectivity index (χ2n) is 4.87. The summed E-state index contributed by atoms with van der Waals surface area (Å²) >= 11 is -0.828. The second-order valence-corrected chi connectivity index (χ2v) is 9.88. The molecule has 0 saturated carbocycles. The van der Waals surface area contributed by atoms with Gasteiger partial charge in [-0.05, 0) is 0 Å². The Bertz CT molecular complexity index is 202. The molecule has 0 fully saturated rings. The molecular formula is C16H30Hg. The molecule has 0 saturated heterocycles. The third kappa shape index (κ3) is 10.1. The molecule has 0 bridgehead atoms. The summed E-state index contributed by atoms with van der Waals surface area (Å²) in [5, 5.41) is 0. The van der Waals surface area contributed by atoms with Crippen LogP contribution >= 0.6 is 0 Å². The van der Waals surface area contributed by atoms with E-state index in [0.29, 0.717) is 0 Å². The Kier molecular flexibility index (Phi) is 13.2. The van der Waals surface area contributed by atoms with E-state index in [1.165, 1.54) is 51.4 Å². The molecule has 0 amide bonds. The monoisotopic (exact) mass is 424 g/mol. The van der Waals surface area contributed by atoms with E-state index in [9.17, 15) is 0 Å². The molecule has 0 nitrogen and oxygen atoms in total. The first-order chi connectivity index (χ1) is 8.28. The van der Waals surface area contributed by atoms with Gasteiger partial charge in [0.25, 0.3) is 0 Å². The van der Waals surface area contributed by atoms with Crippen molar-refractivity contribution in [2.45, 2.75) is 79.1 Å². The average Bonchev–Trinajstić information content (AvgIpc) is 2.37. The van der Waals surface area contributed by atoms with Crippen molar-refractivity contribution in [3.8, 4) is 0 Å². The van der Waals surface area contributed by atoms with Crippen molar-refractivity contribution < 1.29 is 24.6 Å². The quantitative estimate of drug-likeness (QED) is 0.376. The van der Waals surface area contributed by atoms with Gasteiger partial charge in [-0.2, -0.15) is 0 Å². The molecule has 96 valence electrons. The average molecular weight is 423 g/mol. The van der Waals surface area contributed by atoms with Gasteiger partial charge in [-0.1, -0.05) is 0 Å². The molecule has 0 spiro atoms. The Balaban J connectivity index is 4.10. The summed E-state index contributed by atoms with van der Waals surface area (Å²) in [5.74, 6) is 0. The third-order valence-electron chi connectivity index (χ3n) is 3.42. The van der Waals surface area contributed by atoms with Crippen LogP contribution in [0.25, 0.3) is 0 Å². The van der Waals surface area contributed by atoms with E-state index in [2.05, 4.69) is 34.9 Å². The number of rotatable bonds is 10. The summed E-state index contributed by atoms with van der Waals surface area (Å²) in [4.78, 5) is 0. The van der Waals surface area contributed by atoms with Gasteiger partial charge in [0.2, 0.25) is 0 Å². The summed E-state index contributed by atoms with van der Waals surface area (Å²) in [6.45, 7) is 9.21. The summed E-state index contributed by atoms with van der Waals surface area (Å²) < 4.78 is 5.36. The molecule has 0 aromatic heterocycles. The van der Waals surface area contributed by atoms with Crippen molar-refractivity contribution >= 4 is 0 Å². The Morgan fingerprint density at radius 3 is 1.47 bits per heavy atom. The van der Waals surface area contributed by atoms with Gasteiger partial charge in [-0.15, -0.1) is 0 Å². The predicted molar refractivity (Wildman–Crippen MR) is 75.8 cm³/mol. The molecule has 17 heavy (non-hydrogen) atoms. The van der Waals surface area contributed by atoms with Crippen LogP contribution in [0.3, 0.4) is 0 Å². The van der Waals surface area contributed by atoms with Crippen LogP contribution in [0, 0.1) is 0 Å². The molecule has 0 N–H and O–H groups in total. The van der Waals surface area contributed by atoms with Crippen LogP contribution in [-0.2, 0) is 24.6 Å². The summed E-state index contributed by atoms with van der Waals surface area (Å²) in [6, 6.07) is 0. The molecule has 0 aliphatic heterocycles. The van der Waals surface area contributed by atoms with Gasteiger partial charge in [0, 0.05) is 0 Å². The first-order valence-electron chi connectivity index (χ1n) is 7.64. The first kappa shape index (κ1) is 17.4. The van der Waals surface area contributed by atoms with Crippen LogP contribution in [-0.4, -0.2) is 0 Å². The first-order valence-corrected chi connectivity index (χ1v) is 14.0. The van der Waals surface area contributed by atoms with Crippen molar-refractivity contribution in [3.05, 3.63) is 18.3 Å². The fourth-order valence-electron chi connectivity index (χ4n) is 2.05. The second kappa shape index (κ2) is 12.9. The van der Waals surface area contributed by atoms with E-state index in [1.54, 1.807) is 11.1 Å². The summed E-state index contributed by atoms with van der Waals surface area (Å²) in [7, 11) is 0. The standard InChI is InChI=1S/2C8H15.Hg/c2*1-4-6-7-8(3)5-2;/h2*3H,4-7H2,1-2H3;. The predicted octanol–water partition coefficient (Wildman–Crippen LogP) is 6.04. The van der Waals surface area contributed by atoms with Gasteiger partial charge in [0.15, 0.2) is 0 Å². The Morgan fingerprint density at radius 2 is 1.18 bits per heavy atom. The maximum atomic E-state index is 2.68. The van der Waals surface area contributed by atoms with E-state index in [0.717, 1.165) is 0 Å². The van der Waals surface area contributed by atoms with Crippen LogP contribution in [0.4, 0.5) is 0 Å². The Labute approximate surface area is 121 Å². The van der Waals surface area contributed by atoms with E-state index in [-0.39, 0.29) is 0 Å². The van der Waals surface area contributed by atoms with Gasteiger partial charge in [-0.3, -0.25) is 0 Å². The number of unbranched alkanes of at least 4 members (excludes halogenated alkanes) is 2. The minimum atomic E-state index is -0.828. The number of hydrogen-bond acceptors (Lipinski definition) is 0. The van der Waals surface area contributed by atoms with Crippen LogP contribution < -0.4 is 0 Å². The van der Waals surface area contributed by atoms with Gasteiger partial charge >= 0.3 is 122 Å². The van der Waals surface area contributed by atoms with Crippen molar-refractivity contribution in [2.75, 3.05) is 0 Å². The summed E-state index contributed by atoms with van der Waals surface area (Å²) in [6.07, 6.45) is 10.7. The topological polar surface area (TPSA) is 0 Å². The van der Waals surface area contributed by atoms with Crippen molar-refractivity contribution in [1.29, 1.82) is 0 Å². The van der Waals surface area contributed by atoms with Crippen LogP contribution in [0.15, 0.2) is 18.3 Å². The van der Waals surface area contributed by atoms with Crippen LogP contribution in [0.1, 0.15) is 79.1 Å². The van der Waals surface area contributed by atoms with Gasteiger partial charge in [-0.25, -0.2) is 0 Å². The molecule has 0 atom stereocenters. The molecule has 0 aliphatic carbocycles. The molecule has 0 unspecified atom stereocenters. The molecule has 0 radical (unpaired) electrons. The SMILES string of the molecule is CCCC/C(=[CH]\[Hg]/[CH]=C(/CC)CCCC)CC. The van der Waals surface area contributed by atoms with Crippen molar-refractivity contribution in [1.82, 2.24) is 0 Å². The van der Waals surface area contributed by atoms with Gasteiger partial charge in [0.05, 0.1) is 0 Å². The zero-order valence-electron chi connectivity index (χ0n) is 12.5. The van der Waals surface area contributed by atoms with Crippen LogP contribution in [0.2, 0.25) is 0 Å². The third-order valence-corrected chi connectivity index (χ3v) is 9.75. The Morgan fingerprint density at radius 1 is 0.765 bits per heavy atom. The van der Waals surface area contributed by atoms with Crippen LogP contribution in [0.5, 0.6) is 0 Å². The maximum absolute atomic E-state index is 2.68. The fourth-order valence-corrected chi connectivity index (χ4v) is 8.93. The number of hydrogen-bond donors (Lipinski definition) is 0. The molecule has 0 heterocycles. The molecule has 0 rings (SSSR count). The minimum absolute atomic E-state index is 0.828. The zero-order chi connectivity index (χ0) is 12.9.